The highest BCUT2D eigenvalue weighted by molar-refractivity contribution is 6.71. The summed E-state index contributed by atoms with van der Waals surface area (Å²) in [6.45, 7) is 0. The van der Waals surface area contributed by atoms with Crippen LogP contribution in [-0.2, 0) is 19.7 Å². The largest absolute Gasteiger partial charge is 0.518 e. The molecule has 1 rings (SSSR count). The van der Waals surface area contributed by atoms with Crippen molar-refractivity contribution in [2.45, 2.75) is 17.8 Å². The summed E-state index contributed by atoms with van der Waals surface area (Å²) in [5.74, 6) is 0. The Kier molecular flexibility index (Phi) is 6.15. The molecule has 3 nitrogen and oxygen atoms in total. The Morgan fingerprint density at radius 1 is 1.06 bits per heavy atom. The quantitative estimate of drug-likeness (QED) is 0.565. The zero-order valence-electron chi connectivity index (χ0n) is 10.5. The summed E-state index contributed by atoms with van der Waals surface area (Å²) in [6.07, 6.45) is 1.66. The molecule has 0 amide bonds. The predicted molar refractivity (Wildman–Crippen MR) is 71.2 cm³/mol. The van der Waals surface area contributed by atoms with Crippen molar-refractivity contribution in [1.82, 2.24) is 0 Å². The topological polar surface area (TPSA) is 27.7 Å². The van der Waals surface area contributed by atoms with Crippen LogP contribution in [0.15, 0.2) is 30.3 Å². The molecule has 0 spiro atoms. The molecule has 0 bridgehead atoms. The number of hydrogen-bond donors (Lipinski definition) is 0. The second-order valence-corrected chi connectivity index (χ2v) is 7.73. The van der Waals surface area contributed by atoms with Crippen LogP contribution in [0.25, 0.3) is 0 Å². The molecule has 0 saturated heterocycles. The van der Waals surface area contributed by atoms with E-state index in [1.54, 1.807) is 21.3 Å². The first-order valence-electron chi connectivity index (χ1n) is 5.52. The van der Waals surface area contributed by atoms with Crippen molar-refractivity contribution in [3.8, 4) is 0 Å². The molecule has 5 heteroatoms. The summed E-state index contributed by atoms with van der Waals surface area (Å²) >= 11 is 6.34. The molecule has 1 unspecified atom stereocenters. The number of benzene rings is 1. The lowest BCUT2D eigenvalue weighted by molar-refractivity contribution is 0.120. The Morgan fingerprint density at radius 2 is 1.59 bits per heavy atom. The van der Waals surface area contributed by atoms with Crippen LogP contribution in [-0.4, -0.2) is 35.1 Å². The molecule has 0 aliphatic rings. The van der Waals surface area contributed by atoms with Crippen LogP contribution in [0.3, 0.4) is 0 Å². The van der Waals surface area contributed by atoms with Crippen LogP contribution in [0.4, 0.5) is 0 Å². The van der Waals surface area contributed by atoms with Gasteiger partial charge in [-0.25, -0.2) is 0 Å². The lowest BCUT2D eigenvalue weighted by atomic mass is 10.1. The molecule has 1 aromatic rings. The molecule has 0 saturated carbocycles. The van der Waals surface area contributed by atoms with E-state index in [1.165, 1.54) is 5.56 Å². The third kappa shape index (κ3) is 3.79. The lowest BCUT2D eigenvalue weighted by Gasteiger charge is -2.28. The lowest BCUT2D eigenvalue weighted by Crippen LogP contribution is -2.52. The molecule has 0 N–H and O–H groups in total. The summed E-state index contributed by atoms with van der Waals surface area (Å²) in [5, 5.41) is -0.234. The monoisotopic (exact) mass is 274 g/mol. The number of aryl methyl sites for hydroxylation is 1. The fourth-order valence-electron chi connectivity index (χ4n) is 1.75. The van der Waals surface area contributed by atoms with Gasteiger partial charge in [0.2, 0.25) is 0 Å². The smallest absolute Gasteiger partial charge is 0.376 e. The molecule has 1 aromatic carbocycles. The van der Waals surface area contributed by atoms with Gasteiger partial charge in [-0.2, -0.15) is 0 Å². The predicted octanol–water partition coefficient (Wildman–Crippen LogP) is 2.64. The van der Waals surface area contributed by atoms with E-state index < -0.39 is 8.80 Å². The fourth-order valence-corrected chi connectivity index (χ4v) is 4.42. The third-order valence-corrected chi connectivity index (χ3v) is 6.55. The average molecular weight is 275 g/mol. The summed E-state index contributed by atoms with van der Waals surface area (Å²) in [5.41, 5.74) is 1.25. The Labute approximate surface area is 109 Å². The molecule has 1 atom stereocenters. The van der Waals surface area contributed by atoms with Gasteiger partial charge in [0.15, 0.2) is 0 Å². The maximum Gasteiger partial charge on any atom is 0.518 e. The molecule has 0 fully saturated rings. The van der Waals surface area contributed by atoms with Crippen LogP contribution < -0.4 is 0 Å². The van der Waals surface area contributed by atoms with Crippen LogP contribution in [0.2, 0.25) is 0 Å². The van der Waals surface area contributed by atoms with Crippen LogP contribution in [0.5, 0.6) is 0 Å². The highest BCUT2D eigenvalue weighted by Gasteiger charge is 2.46. The third-order valence-electron chi connectivity index (χ3n) is 2.77. The van der Waals surface area contributed by atoms with Crippen molar-refractivity contribution in [3.63, 3.8) is 0 Å². The molecule has 0 radical (unpaired) electrons. The van der Waals surface area contributed by atoms with Gasteiger partial charge >= 0.3 is 8.80 Å². The minimum absolute atomic E-state index is 0.234. The molecule has 96 valence electrons. The van der Waals surface area contributed by atoms with Crippen LogP contribution >= 0.6 is 11.6 Å². The average Bonchev–Trinajstić information content (AvgIpc) is 2.40. The molecule has 17 heavy (non-hydrogen) atoms. The van der Waals surface area contributed by atoms with Gasteiger partial charge < -0.3 is 13.3 Å². The molecule has 0 aliphatic heterocycles. The minimum atomic E-state index is -2.71. The van der Waals surface area contributed by atoms with Crippen molar-refractivity contribution in [2.24, 2.45) is 0 Å². The van der Waals surface area contributed by atoms with E-state index in [-0.39, 0.29) is 5.00 Å². The Morgan fingerprint density at radius 3 is 2.06 bits per heavy atom. The Bertz CT molecular complexity index is 309. The van der Waals surface area contributed by atoms with Gasteiger partial charge in [-0.15, -0.1) is 11.6 Å². The van der Waals surface area contributed by atoms with Gasteiger partial charge in [0.1, 0.15) is 5.00 Å². The SMILES string of the molecule is CO[Si](OC)(OC)C(Cl)CCc1ccccc1. The van der Waals surface area contributed by atoms with Crippen LogP contribution in [0.1, 0.15) is 12.0 Å². The summed E-state index contributed by atoms with van der Waals surface area (Å²) in [6, 6.07) is 10.2. The number of hydrogen-bond acceptors (Lipinski definition) is 3. The van der Waals surface area contributed by atoms with Crippen molar-refractivity contribution < 1.29 is 13.3 Å². The summed E-state index contributed by atoms with van der Waals surface area (Å²) in [4.78, 5) is 0. The Balaban J connectivity index is 2.56. The molecular weight excluding hydrogens is 256 g/mol. The van der Waals surface area contributed by atoms with Gasteiger partial charge in [-0.3, -0.25) is 0 Å². The summed E-state index contributed by atoms with van der Waals surface area (Å²) < 4.78 is 16.0. The minimum Gasteiger partial charge on any atom is -0.376 e. The van der Waals surface area contributed by atoms with Gasteiger partial charge in [0.05, 0.1) is 0 Å². The second kappa shape index (κ2) is 7.13. The molecule has 0 aromatic heterocycles. The number of halogens is 1. The van der Waals surface area contributed by atoms with Crippen molar-refractivity contribution in [2.75, 3.05) is 21.3 Å². The van der Waals surface area contributed by atoms with Gasteiger partial charge in [0, 0.05) is 21.3 Å². The van der Waals surface area contributed by atoms with E-state index in [4.69, 9.17) is 24.9 Å². The van der Waals surface area contributed by atoms with Gasteiger partial charge in [0.25, 0.3) is 0 Å². The van der Waals surface area contributed by atoms with Crippen molar-refractivity contribution >= 4 is 20.4 Å². The van der Waals surface area contributed by atoms with E-state index in [0.717, 1.165) is 12.8 Å². The normalized spacial score (nSPS) is 13.6. The molecule has 0 aliphatic carbocycles. The molecular formula is C12H19ClO3Si. The van der Waals surface area contributed by atoms with E-state index >= 15 is 0 Å². The summed E-state index contributed by atoms with van der Waals surface area (Å²) in [7, 11) is 2.03. The molecule has 0 heterocycles. The zero-order chi connectivity index (χ0) is 12.7. The number of rotatable bonds is 7. The number of alkyl halides is 1. The highest BCUT2D eigenvalue weighted by atomic mass is 35.5. The van der Waals surface area contributed by atoms with E-state index in [9.17, 15) is 0 Å². The zero-order valence-corrected chi connectivity index (χ0v) is 12.2. The first-order chi connectivity index (χ1) is 8.18. The van der Waals surface area contributed by atoms with Crippen LogP contribution in [0, 0.1) is 0 Å². The fraction of sp³-hybridized carbons (Fsp3) is 0.500. The highest BCUT2D eigenvalue weighted by Crippen LogP contribution is 2.22. The standard InChI is InChI=1S/C12H19ClO3Si/c1-14-17(15-2,16-3)12(13)10-9-11-7-5-4-6-8-11/h4-8,12H,9-10H2,1-3H3. The van der Waals surface area contributed by atoms with E-state index in [0.29, 0.717) is 0 Å². The van der Waals surface area contributed by atoms with Gasteiger partial charge in [-0.05, 0) is 18.4 Å². The van der Waals surface area contributed by atoms with E-state index in [2.05, 4.69) is 12.1 Å². The Hall–Kier alpha value is -0.393. The maximum absolute atomic E-state index is 6.34. The second-order valence-electron chi connectivity index (χ2n) is 3.71. The van der Waals surface area contributed by atoms with Crippen molar-refractivity contribution in [3.05, 3.63) is 35.9 Å². The first kappa shape index (κ1) is 14.7. The van der Waals surface area contributed by atoms with E-state index in [1.807, 2.05) is 18.2 Å². The first-order valence-corrected chi connectivity index (χ1v) is 7.76. The maximum atomic E-state index is 6.34. The van der Waals surface area contributed by atoms with Crippen molar-refractivity contribution in [1.29, 1.82) is 0 Å². The van der Waals surface area contributed by atoms with Gasteiger partial charge in [-0.1, -0.05) is 30.3 Å².